The average molecular weight is 242 g/mol. The monoisotopic (exact) mass is 242 g/mol. The molecule has 0 spiro atoms. The van der Waals surface area contributed by atoms with E-state index in [1.807, 2.05) is 11.8 Å². The fourth-order valence-corrected chi connectivity index (χ4v) is 3.52. The Morgan fingerprint density at radius 1 is 1.44 bits per heavy atom. The Labute approximate surface area is 105 Å². The fourth-order valence-electron chi connectivity index (χ4n) is 2.84. The van der Waals surface area contributed by atoms with Crippen LogP contribution < -0.4 is 5.32 Å². The molecule has 1 saturated carbocycles. The van der Waals surface area contributed by atoms with Crippen LogP contribution in [0.2, 0.25) is 0 Å². The molecule has 1 aliphatic heterocycles. The van der Waals surface area contributed by atoms with Gasteiger partial charge in [0.05, 0.1) is 0 Å². The lowest BCUT2D eigenvalue weighted by atomic mass is 10.2. The minimum absolute atomic E-state index is 0.668. The van der Waals surface area contributed by atoms with Gasteiger partial charge < -0.3 is 5.32 Å². The second-order valence-corrected chi connectivity index (χ2v) is 6.76. The summed E-state index contributed by atoms with van der Waals surface area (Å²) in [6.07, 6.45) is 4.23. The van der Waals surface area contributed by atoms with E-state index in [2.05, 4.69) is 31.0 Å². The molecule has 0 aromatic rings. The molecular weight excluding hydrogens is 216 g/mol. The van der Waals surface area contributed by atoms with Gasteiger partial charge >= 0.3 is 0 Å². The predicted octanol–water partition coefficient (Wildman–Crippen LogP) is 2.34. The van der Waals surface area contributed by atoms with Crippen LogP contribution in [0.4, 0.5) is 0 Å². The van der Waals surface area contributed by atoms with Crippen LogP contribution in [0, 0.1) is 0 Å². The second-order valence-electron chi connectivity index (χ2n) is 5.44. The molecule has 3 heteroatoms. The maximum atomic E-state index is 3.79. The van der Waals surface area contributed by atoms with Gasteiger partial charge in [-0.25, -0.2) is 0 Å². The first kappa shape index (κ1) is 12.7. The van der Waals surface area contributed by atoms with Gasteiger partial charge in [0.15, 0.2) is 0 Å². The largest absolute Gasteiger partial charge is 0.309 e. The molecule has 1 saturated heterocycles. The highest BCUT2D eigenvalue weighted by Crippen LogP contribution is 2.33. The van der Waals surface area contributed by atoms with E-state index >= 15 is 0 Å². The molecule has 0 aromatic heterocycles. The van der Waals surface area contributed by atoms with Crippen LogP contribution in [0.5, 0.6) is 0 Å². The highest BCUT2D eigenvalue weighted by Gasteiger charge is 2.38. The maximum absolute atomic E-state index is 3.79. The molecular formula is C13H26N2S. The number of nitrogens with one attached hydrogen (secondary N) is 1. The molecule has 0 radical (unpaired) electrons. The molecule has 2 fully saturated rings. The van der Waals surface area contributed by atoms with Crippen molar-refractivity contribution < 1.29 is 0 Å². The third-order valence-corrected chi connectivity index (χ3v) is 4.88. The Bertz CT molecular complexity index is 218. The number of likely N-dealkylation sites (tertiary alicyclic amines) is 1. The summed E-state index contributed by atoms with van der Waals surface area (Å²) in [7, 11) is 0. The molecule has 1 aliphatic carbocycles. The van der Waals surface area contributed by atoms with Crippen LogP contribution in [0.25, 0.3) is 0 Å². The highest BCUT2D eigenvalue weighted by molar-refractivity contribution is 7.99. The molecule has 2 nitrogen and oxygen atoms in total. The third-order valence-electron chi connectivity index (χ3n) is 3.73. The van der Waals surface area contributed by atoms with Gasteiger partial charge in [-0.3, -0.25) is 4.90 Å². The smallest absolute Gasteiger partial charge is 0.0212 e. The normalized spacial score (nSPS) is 33.2. The van der Waals surface area contributed by atoms with Gasteiger partial charge in [-0.15, -0.1) is 0 Å². The van der Waals surface area contributed by atoms with Crippen LogP contribution in [-0.2, 0) is 0 Å². The van der Waals surface area contributed by atoms with E-state index in [1.165, 1.54) is 37.3 Å². The Morgan fingerprint density at radius 3 is 2.81 bits per heavy atom. The van der Waals surface area contributed by atoms with Gasteiger partial charge in [-0.05, 0) is 38.9 Å². The van der Waals surface area contributed by atoms with E-state index < -0.39 is 0 Å². The van der Waals surface area contributed by atoms with Gasteiger partial charge in [-0.2, -0.15) is 11.8 Å². The third kappa shape index (κ3) is 3.38. The van der Waals surface area contributed by atoms with Crippen molar-refractivity contribution in [2.75, 3.05) is 18.1 Å². The van der Waals surface area contributed by atoms with Gasteiger partial charge in [-0.1, -0.05) is 6.92 Å². The molecule has 0 aromatic carbocycles. The van der Waals surface area contributed by atoms with Gasteiger partial charge in [0.25, 0.3) is 0 Å². The molecule has 3 atom stereocenters. The highest BCUT2D eigenvalue weighted by atomic mass is 32.2. The van der Waals surface area contributed by atoms with Gasteiger partial charge in [0.1, 0.15) is 0 Å². The summed E-state index contributed by atoms with van der Waals surface area (Å²) in [6.45, 7) is 8.25. The van der Waals surface area contributed by atoms with Crippen molar-refractivity contribution in [3.05, 3.63) is 0 Å². The molecule has 1 heterocycles. The lowest BCUT2D eigenvalue weighted by Gasteiger charge is -2.21. The molecule has 2 rings (SSSR count). The second kappa shape index (κ2) is 5.74. The molecule has 94 valence electrons. The van der Waals surface area contributed by atoms with Crippen molar-refractivity contribution in [1.82, 2.24) is 10.2 Å². The van der Waals surface area contributed by atoms with Gasteiger partial charge in [0, 0.05) is 36.5 Å². The summed E-state index contributed by atoms with van der Waals surface area (Å²) < 4.78 is 0. The average Bonchev–Trinajstić information content (AvgIpc) is 3.01. The van der Waals surface area contributed by atoms with Crippen LogP contribution in [0.3, 0.4) is 0 Å². The molecule has 3 unspecified atom stereocenters. The van der Waals surface area contributed by atoms with Crippen molar-refractivity contribution in [2.24, 2.45) is 0 Å². The minimum Gasteiger partial charge on any atom is -0.309 e. The van der Waals surface area contributed by atoms with Crippen LogP contribution in [0.1, 0.15) is 40.0 Å². The zero-order valence-corrected chi connectivity index (χ0v) is 11.7. The standard InChI is InChI=1S/C13H26N2S/c1-4-16-9-10(2)14-12-7-11(3)15(8-12)13-5-6-13/h10-14H,4-9H2,1-3H3. The summed E-state index contributed by atoms with van der Waals surface area (Å²) >= 11 is 2.04. The topological polar surface area (TPSA) is 15.3 Å². The number of nitrogens with zero attached hydrogens (tertiary/aromatic N) is 1. The van der Waals surface area contributed by atoms with E-state index in [0.717, 1.165) is 18.1 Å². The first-order chi connectivity index (χ1) is 7.70. The van der Waals surface area contributed by atoms with E-state index in [4.69, 9.17) is 0 Å². The number of rotatable bonds is 6. The van der Waals surface area contributed by atoms with Crippen LogP contribution in [0.15, 0.2) is 0 Å². The van der Waals surface area contributed by atoms with E-state index in [1.54, 1.807) is 0 Å². The maximum Gasteiger partial charge on any atom is 0.0212 e. The van der Waals surface area contributed by atoms with E-state index in [0.29, 0.717) is 6.04 Å². The van der Waals surface area contributed by atoms with Crippen molar-refractivity contribution in [3.8, 4) is 0 Å². The molecule has 0 amide bonds. The lowest BCUT2D eigenvalue weighted by molar-refractivity contribution is 0.254. The van der Waals surface area contributed by atoms with Crippen LogP contribution in [-0.4, -0.2) is 47.1 Å². The first-order valence-corrected chi connectivity index (χ1v) is 7.95. The zero-order chi connectivity index (χ0) is 11.5. The fraction of sp³-hybridized carbons (Fsp3) is 1.00. The number of hydrogen-bond acceptors (Lipinski definition) is 3. The summed E-state index contributed by atoms with van der Waals surface area (Å²) in [5, 5.41) is 3.79. The first-order valence-electron chi connectivity index (χ1n) is 6.80. The Balaban J connectivity index is 1.70. The molecule has 1 N–H and O–H groups in total. The zero-order valence-electron chi connectivity index (χ0n) is 10.9. The molecule has 0 bridgehead atoms. The lowest BCUT2D eigenvalue weighted by Crippen LogP contribution is -2.40. The predicted molar refractivity (Wildman–Crippen MR) is 73.2 cm³/mol. The van der Waals surface area contributed by atoms with E-state index in [9.17, 15) is 0 Å². The molecule has 2 aliphatic rings. The SMILES string of the molecule is CCSCC(C)NC1CC(C)N(C2CC2)C1. The summed E-state index contributed by atoms with van der Waals surface area (Å²) in [4.78, 5) is 2.72. The Morgan fingerprint density at radius 2 is 2.19 bits per heavy atom. The quantitative estimate of drug-likeness (QED) is 0.770. The Hall–Kier alpha value is 0.270. The van der Waals surface area contributed by atoms with Crippen molar-refractivity contribution >= 4 is 11.8 Å². The van der Waals surface area contributed by atoms with E-state index in [-0.39, 0.29) is 0 Å². The van der Waals surface area contributed by atoms with Crippen molar-refractivity contribution in [1.29, 1.82) is 0 Å². The minimum atomic E-state index is 0.668. The van der Waals surface area contributed by atoms with Crippen LogP contribution >= 0.6 is 11.8 Å². The summed E-state index contributed by atoms with van der Waals surface area (Å²) in [5.74, 6) is 2.49. The summed E-state index contributed by atoms with van der Waals surface area (Å²) in [6, 6.07) is 3.14. The Kier molecular flexibility index (Phi) is 4.57. The van der Waals surface area contributed by atoms with Crippen molar-refractivity contribution in [3.63, 3.8) is 0 Å². The van der Waals surface area contributed by atoms with Gasteiger partial charge in [0.2, 0.25) is 0 Å². The molecule has 16 heavy (non-hydrogen) atoms. The summed E-state index contributed by atoms with van der Waals surface area (Å²) in [5.41, 5.74) is 0. The number of hydrogen-bond donors (Lipinski definition) is 1. The van der Waals surface area contributed by atoms with Crippen molar-refractivity contribution in [2.45, 2.75) is 64.2 Å². The number of thioether (sulfide) groups is 1.